The van der Waals surface area contributed by atoms with Crippen molar-refractivity contribution in [3.63, 3.8) is 0 Å². The van der Waals surface area contributed by atoms with E-state index in [2.05, 4.69) is 25.4 Å². The van der Waals surface area contributed by atoms with Crippen LogP contribution in [0.5, 0.6) is 0 Å². The molecular formula is C21H21F3N8. The molecule has 1 aliphatic rings. The number of anilines is 2. The number of pyridine rings is 1. The van der Waals surface area contributed by atoms with E-state index in [1.807, 2.05) is 23.8 Å². The van der Waals surface area contributed by atoms with Crippen molar-refractivity contribution in [3.8, 4) is 0 Å². The Morgan fingerprint density at radius 2 is 2.06 bits per heavy atom. The molecule has 32 heavy (non-hydrogen) atoms. The maximum absolute atomic E-state index is 12.7. The average molecular weight is 445 g/mol. The van der Waals surface area contributed by atoms with Gasteiger partial charge < -0.3 is 14.8 Å². The van der Waals surface area contributed by atoms with E-state index >= 15 is 0 Å². The van der Waals surface area contributed by atoms with Crippen molar-refractivity contribution in [3.05, 3.63) is 59.8 Å². The van der Waals surface area contributed by atoms with Crippen LogP contribution in [0.25, 0.3) is 11.0 Å². The Bertz CT molecular complexity index is 1360. The fraction of sp³-hybridized carbons (Fsp3) is 0.333. The summed E-state index contributed by atoms with van der Waals surface area (Å²) in [5, 5.41) is 7.36. The molecule has 0 saturated carbocycles. The van der Waals surface area contributed by atoms with E-state index in [1.54, 1.807) is 17.1 Å². The van der Waals surface area contributed by atoms with Gasteiger partial charge in [0, 0.05) is 54.4 Å². The Hall–Kier alpha value is -3.63. The van der Waals surface area contributed by atoms with Gasteiger partial charge in [-0.05, 0) is 24.6 Å². The lowest BCUT2D eigenvalue weighted by atomic mass is 10.2. The molecule has 0 saturated heterocycles. The van der Waals surface area contributed by atoms with Crippen molar-refractivity contribution >= 4 is 22.8 Å². The van der Waals surface area contributed by atoms with Crippen LogP contribution in [0.1, 0.15) is 27.9 Å². The van der Waals surface area contributed by atoms with Crippen molar-refractivity contribution in [1.29, 1.82) is 0 Å². The zero-order chi connectivity index (χ0) is 25.0. The molecule has 1 atom stereocenters. The highest BCUT2D eigenvalue weighted by Crippen LogP contribution is 2.31. The van der Waals surface area contributed by atoms with E-state index in [0.717, 1.165) is 11.6 Å². The Kier molecular flexibility index (Phi) is 3.98. The van der Waals surface area contributed by atoms with Gasteiger partial charge in [-0.2, -0.15) is 23.3 Å². The summed E-state index contributed by atoms with van der Waals surface area (Å²) in [4.78, 5) is 13.8. The molecule has 5 heterocycles. The lowest BCUT2D eigenvalue weighted by Gasteiger charge is -2.32. The molecule has 166 valence electrons. The zero-order valence-electron chi connectivity index (χ0n) is 20.0. The predicted molar refractivity (Wildman–Crippen MR) is 113 cm³/mol. The van der Waals surface area contributed by atoms with E-state index < -0.39 is 18.8 Å². The van der Waals surface area contributed by atoms with Crippen molar-refractivity contribution < 1.29 is 17.3 Å². The third kappa shape index (κ3) is 3.74. The summed E-state index contributed by atoms with van der Waals surface area (Å²) in [6.07, 6.45) is 1.95. The maximum atomic E-state index is 12.7. The highest BCUT2D eigenvalue weighted by molar-refractivity contribution is 5.89. The van der Waals surface area contributed by atoms with Crippen molar-refractivity contribution in [1.82, 2.24) is 29.3 Å². The largest absolute Gasteiger partial charge is 0.433 e. The number of rotatable bonds is 5. The van der Waals surface area contributed by atoms with Gasteiger partial charge in [0.25, 0.3) is 0 Å². The summed E-state index contributed by atoms with van der Waals surface area (Å²) in [5.74, 6) is 0.639. The van der Waals surface area contributed by atoms with Crippen LogP contribution < -0.4 is 10.2 Å². The fourth-order valence-corrected chi connectivity index (χ4v) is 3.70. The van der Waals surface area contributed by atoms with Gasteiger partial charge in [-0.15, -0.1) is 0 Å². The molecule has 11 heteroatoms. The normalized spacial score (nSPS) is 17.8. The van der Waals surface area contributed by atoms with Crippen LogP contribution in [0.2, 0.25) is 0 Å². The van der Waals surface area contributed by atoms with E-state index in [0.29, 0.717) is 35.5 Å². The van der Waals surface area contributed by atoms with E-state index in [-0.39, 0.29) is 18.5 Å². The topological polar surface area (TPSA) is 76.7 Å². The molecule has 0 bridgehead atoms. The Labute approximate surface area is 185 Å². The zero-order valence-corrected chi connectivity index (χ0v) is 17.0. The third-order valence-corrected chi connectivity index (χ3v) is 5.32. The van der Waals surface area contributed by atoms with Gasteiger partial charge >= 0.3 is 6.18 Å². The van der Waals surface area contributed by atoms with Crippen LogP contribution in [0.3, 0.4) is 0 Å². The van der Waals surface area contributed by atoms with Gasteiger partial charge in [0.05, 0.1) is 18.3 Å². The van der Waals surface area contributed by atoms with Gasteiger partial charge in [-0.1, -0.05) is 6.07 Å². The number of aromatic nitrogens is 6. The lowest BCUT2D eigenvalue weighted by Crippen LogP contribution is -2.37. The van der Waals surface area contributed by atoms with E-state index in [9.17, 15) is 13.2 Å². The van der Waals surface area contributed by atoms with Crippen LogP contribution in [0.4, 0.5) is 24.9 Å². The number of halogens is 3. The van der Waals surface area contributed by atoms with Gasteiger partial charge in [0.1, 0.15) is 11.2 Å². The van der Waals surface area contributed by atoms with Crippen LogP contribution in [0, 0.1) is 0 Å². The molecule has 0 aliphatic carbocycles. The molecule has 0 spiro atoms. The van der Waals surface area contributed by atoms with E-state index in [4.69, 9.17) is 4.11 Å². The van der Waals surface area contributed by atoms with Gasteiger partial charge in [-0.25, -0.2) is 4.98 Å². The fourth-order valence-electron chi connectivity index (χ4n) is 3.70. The molecule has 1 N–H and O–H groups in total. The summed E-state index contributed by atoms with van der Waals surface area (Å²) in [6.45, 7) is 0.605. The maximum Gasteiger partial charge on any atom is 0.433 e. The standard InChI is InChI=1S/C21H21F3N8/c1-13-10-31-6-5-16-18(31)19(30(13)2)29-20(28-16)26-8-15-9-27-32(12-15)11-14-3-4-17(25-7-14)21(22,23)24/h3-7,9,12-13H,8,10-11H2,1-2H3,(H,26,28,29)/t13-/m0/s1/i2D3. The van der Waals surface area contributed by atoms with Gasteiger partial charge in [0.2, 0.25) is 5.95 Å². The molecule has 5 rings (SSSR count). The molecule has 4 aromatic rings. The van der Waals surface area contributed by atoms with Gasteiger partial charge in [-0.3, -0.25) is 9.67 Å². The smallest absolute Gasteiger partial charge is 0.353 e. The monoisotopic (exact) mass is 445 g/mol. The third-order valence-electron chi connectivity index (χ3n) is 5.32. The summed E-state index contributed by atoms with van der Waals surface area (Å²) in [7, 11) is 0. The first-order valence-corrected chi connectivity index (χ1v) is 9.92. The average Bonchev–Trinajstić information content (AvgIpc) is 3.38. The van der Waals surface area contributed by atoms with Crippen molar-refractivity contribution in [2.45, 2.75) is 38.8 Å². The minimum Gasteiger partial charge on any atom is -0.353 e. The van der Waals surface area contributed by atoms with Crippen LogP contribution in [-0.2, 0) is 25.8 Å². The first-order valence-electron chi connectivity index (χ1n) is 11.4. The number of likely N-dealkylation sites (N-methyl/N-ethyl adjacent to an activating group) is 1. The molecule has 0 amide bonds. The number of nitrogens with zero attached hydrogens (tertiary/aromatic N) is 7. The Balaban J connectivity index is 1.31. The Morgan fingerprint density at radius 3 is 2.81 bits per heavy atom. The quantitative estimate of drug-likeness (QED) is 0.507. The van der Waals surface area contributed by atoms with Crippen molar-refractivity contribution in [2.75, 3.05) is 17.2 Å². The second-order valence-electron chi connectivity index (χ2n) is 7.74. The van der Waals surface area contributed by atoms with Crippen LogP contribution in [-0.4, -0.2) is 42.3 Å². The van der Waals surface area contributed by atoms with Crippen molar-refractivity contribution in [2.24, 2.45) is 0 Å². The second kappa shape index (κ2) is 7.50. The first-order chi connectivity index (χ1) is 16.5. The highest BCUT2D eigenvalue weighted by atomic mass is 19.4. The molecule has 0 fully saturated rings. The van der Waals surface area contributed by atoms with Crippen LogP contribution in [0.15, 0.2) is 43.0 Å². The number of alkyl halides is 3. The summed E-state index contributed by atoms with van der Waals surface area (Å²) in [6, 6.07) is 3.87. The number of hydrogen-bond donors (Lipinski definition) is 1. The van der Waals surface area contributed by atoms with Gasteiger partial charge in [0.15, 0.2) is 5.82 Å². The second-order valence-corrected chi connectivity index (χ2v) is 7.74. The molecule has 0 aromatic carbocycles. The lowest BCUT2D eigenvalue weighted by molar-refractivity contribution is -0.141. The van der Waals surface area contributed by atoms with Crippen LogP contribution >= 0.6 is 0 Å². The predicted octanol–water partition coefficient (Wildman–Crippen LogP) is 3.54. The molecule has 1 aliphatic heterocycles. The molecule has 0 radical (unpaired) electrons. The SMILES string of the molecule is [2H]C([2H])([2H])N1c2nc(NCc3cnn(Cc4ccc(C(F)(F)F)nc4)c3)nc3ccn(c23)C[C@@H]1C. The minimum absolute atomic E-state index is 0.261. The summed E-state index contributed by atoms with van der Waals surface area (Å²) in [5.41, 5.74) is 1.76. The molecular weight excluding hydrogens is 421 g/mol. The van der Waals surface area contributed by atoms with E-state index in [1.165, 1.54) is 17.2 Å². The molecule has 0 unspecified atom stereocenters. The summed E-state index contributed by atoms with van der Waals surface area (Å²) < 4.78 is 65.5. The first kappa shape index (κ1) is 17.0. The highest BCUT2D eigenvalue weighted by Gasteiger charge is 2.32. The number of hydrogen-bond acceptors (Lipinski definition) is 6. The summed E-state index contributed by atoms with van der Waals surface area (Å²) >= 11 is 0. The molecule has 4 aromatic heterocycles. The molecule has 8 nitrogen and oxygen atoms in total. The minimum atomic E-state index is -4.48. The number of nitrogens with one attached hydrogen (secondary N) is 1. The Morgan fingerprint density at radius 1 is 1.19 bits per heavy atom.